The number of carbonyl (C=O) groups is 2. The van der Waals surface area contributed by atoms with Crippen LogP contribution in [0.1, 0.15) is 46.5 Å². The number of ketones is 2. The Balaban J connectivity index is 1.82. The average Bonchev–Trinajstić information content (AvgIpc) is 2.77. The van der Waals surface area contributed by atoms with Crippen LogP contribution in [0.2, 0.25) is 0 Å². The van der Waals surface area contributed by atoms with Crippen molar-refractivity contribution < 1.29 is 14.7 Å². The third-order valence-electron chi connectivity index (χ3n) is 7.65. The van der Waals surface area contributed by atoms with Gasteiger partial charge in [-0.1, -0.05) is 36.8 Å². The second-order valence-corrected chi connectivity index (χ2v) is 8.71. The molecule has 0 aromatic rings. The Morgan fingerprint density at radius 1 is 1.36 bits per heavy atom. The van der Waals surface area contributed by atoms with Gasteiger partial charge in [0.2, 0.25) is 0 Å². The van der Waals surface area contributed by atoms with Gasteiger partial charge in [0.05, 0.1) is 0 Å². The maximum Gasteiger partial charge on any atom is 0.178 e. The lowest BCUT2D eigenvalue weighted by molar-refractivity contribution is -0.144. The van der Waals surface area contributed by atoms with Crippen LogP contribution in [0.25, 0.3) is 0 Å². The molecule has 4 aliphatic rings. The van der Waals surface area contributed by atoms with Crippen LogP contribution in [0.5, 0.6) is 0 Å². The van der Waals surface area contributed by atoms with Gasteiger partial charge >= 0.3 is 0 Å². The first-order valence-corrected chi connectivity index (χ1v) is 9.21. The molecule has 0 unspecified atom stereocenters. The monoisotopic (exact) mass is 338 g/mol. The molecule has 5 atom stereocenters. The van der Waals surface area contributed by atoms with E-state index in [1.807, 2.05) is 6.08 Å². The zero-order valence-corrected chi connectivity index (χ0v) is 15.3. The smallest absolute Gasteiger partial charge is 0.178 e. The molecule has 0 radical (unpaired) electrons. The van der Waals surface area contributed by atoms with Crippen LogP contribution >= 0.6 is 0 Å². The lowest BCUT2D eigenvalue weighted by Gasteiger charge is -2.53. The van der Waals surface area contributed by atoms with Gasteiger partial charge in [-0.3, -0.25) is 9.59 Å². The minimum absolute atomic E-state index is 0.0763. The topological polar surface area (TPSA) is 54.4 Å². The molecule has 0 saturated heterocycles. The van der Waals surface area contributed by atoms with Crippen LogP contribution in [0, 0.1) is 22.7 Å². The molecule has 0 spiro atoms. The molecular weight excluding hydrogens is 312 g/mol. The van der Waals surface area contributed by atoms with E-state index in [0.29, 0.717) is 24.3 Å². The molecule has 0 aromatic carbocycles. The zero-order valence-electron chi connectivity index (χ0n) is 15.3. The molecule has 4 aliphatic carbocycles. The van der Waals surface area contributed by atoms with Crippen LogP contribution in [0.3, 0.4) is 0 Å². The van der Waals surface area contributed by atoms with E-state index in [1.165, 1.54) is 18.1 Å². The Bertz CT molecular complexity index is 798. The van der Waals surface area contributed by atoms with E-state index in [2.05, 4.69) is 26.5 Å². The normalized spacial score (nSPS) is 45.3. The van der Waals surface area contributed by atoms with Gasteiger partial charge < -0.3 is 5.11 Å². The zero-order chi connectivity index (χ0) is 18.2. The Morgan fingerprint density at radius 3 is 2.76 bits per heavy atom. The Labute approximate surface area is 149 Å². The lowest BCUT2D eigenvalue weighted by Crippen LogP contribution is -2.54. The van der Waals surface area contributed by atoms with Gasteiger partial charge in [0.15, 0.2) is 11.6 Å². The van der Waals surface area contributed by atoms with Gasteiger partial charge in [0.1, 0.15) is 5.60 Å². The third-order valence-corrected chi connectivity index (χ3v) is 7.65. The first-order valence-electron chi connectivity index (χ1n) is 9.21. The first-order chi connectivity index (χ1) is 11.6. The molecule has 2 saturated carbocycles. The van der Waals surface area contributed by atoms with Crippen molar-refractivity contribution in [2.75, 3.05) is 0 Å². The molecule has 3 heteroatoms. The number of carbonyl (C=O) groups excluding carboxylic acids is 2. The fourth-order valence-electron chi connectivity index (χ4n) is 6.14. The van der Waals surface area contributed by atoms with E-state index in [-0.39, 0.29) is 22.9 Å². The van der Waals surface area contributed by atoms with E-state index < -0.39 is 11.0 Å². The standard InChI is InChI=1S/C22H26O3/c1-13-11-19-17-6-5-15-12-16(24)7-9-20(15,3)18(17)8-10-21(19,4)22(13,25)14(2)23/h7-9,12,17,19,25H,1,5-6,10-11H2,2-4H3/t17-,19-,20+,21+,22+/m1/s1. The van der Waals surface area contributed by atoms with E-state index >= 15 is 0 Å². The lowest BCUT2D eigenvalue weighted by atomic mass is 9.51. The van der Waals surface area contributed by atoms with E-state index in [9.17, 15) is 14.7 Å². The molecule has 0 heterocycles. The minimum atomic E-state index is -1.42. The molecule has 0 aliphatic heterocycles. The number of fused-ring (bicyclic) bond motifs is 5. The van der Waals surface area contributed by atoms with Crippen molar-refractivity contribution >= 4 is 11.6 Å². The molecule has 132 valence electrons. The average molecular weight is 338 g/mol. The quantitative estimate of drug-likeness (QED) is 0.742. The predicted octanol–water partition coefficient (Wildman–Crippen LogP) is 3.70. The van der Waals surface area contributed by atoms with Crippen LogP contribution < -0.4 is 0 Å². The number of hydrogen-bond donors (Lipinski definition) is 1. The molecule has 0 amide bonds. The SMILES string of the molecule is C=C1C[C@@H]2[C@@H]3CCC4=CC(=O)C=C[C@]4(C)C3=CC[C@]2(C)[C@@]1(O)C(C)=O. The summed E-state index contributed by atoms with van der Waals surface area (Å²) in [6, 6.07) is 0. The molecule has 3 nitrogen and oxygen atoms in total. The fourth-order valence-corrected chi connectivity index (χ4v) is 6.14. The summed E-state index contributed by atoms with van der Waals surface area (Å²) in [4.78, 5) is 24.1. The summed E-state index contributed by atoms with van der Waals surface area (Å²) < 4.78 is 0. The van der Waals surface area contributed by atoms with Gasteiger partial charge in [-0.05, 0) is 69.1 Å². The highest BCUT2D eigenvalue weighted by molar-refractivity contribution is 6.01. The summed E-state index contributed by atoms with van der Waals surface area (Å²) in [5.74, 6) is 0.430. The summed E-state index contributed by atoms with van der Waals surface area (Å²) in [5, 5.41) is 11.3. The largest absolute Gasteiger partial charge is 0.377 e. The molecule has 4 rings (SSSR count). The Hall–Kier alpha value is -1.74. The predicted molar refractivity (Wildman–Crippen MR) is 96.7 cm³/mol. The van der Waals surface area contributed by atoms with Crippen molar-refractivity contribution in [3.63, 3.8) is 0 Å². The van der Waals surface area contributed by atoms with Gasteiger partial charge in [0, 0.05) is 10.8 Å². The molecule has 2 fully saturated rings. The number of allylic oxidation sites excluding steroid dienone is 6. The van der Waals surface area contributed by atoms with Crippen molar-refractivity contribution in [1.29, 1.82) is 0 Å². The van der Waals surface area contributed by atoms with Crippen LogP contribution in [0.15, 0.2) is 47.6 Å². The van der Waals surface area contributed by atoms with Crippen molar-refractivity contribution in [2.24, 2.45) is 22.7 Å². The fraction of sp³-hybridized carbons (Fsp3) is 0.545. The molecule has 25 heavy (non-hydrogen) atoms. The summed E-state index contributed by atoms with van der Waals surface area (Å²) in [7, 11) is 0. The third kappa shape index (κ3) is 1.85. The number of aliphatic hydroxyl groups is 1. The van der Waals surface area contributed by atoms with Crippen LogP contribution in [0.4, 0.5) is 0 Å². The Morgan fingerprint density at radius 2 is 2.08 bits per heavy atom. The summed E-state index contributed by atoms with van der Waals surface area (Å²) in [6.07, 6.45) is 11.0. The number of hydrogen-bond acceptors (Lipinski definition) is 3. The van der Waals surface area contributed by atoms with Crippen molar-refractivity contribution in [1.82, 2.24) is 0 Å². The van der Waals surface area contributed by atoms with Crippen molar-refractivity contribution in [2.45, 2.75) is 52.1 Å². The second kappa shape index (κ2) is 4.91. The highest BCUT2D eigenvalue weighted by atomic mass is 16.3. The van der Waals surface area contributed by atoms with Gasteiger partial charge in [-0.25, -0.2) is 0 Å². The highest BCUT2D eigenvalue weighted by Gasteiger charge is 2.65. The second-order valence-electron chi connectivity index (χ2n) is 8.71. The molecular formula is C22H26O3. The van der Waals surface area contributed by atoms with Gasteiger partial charge in [0.25, 0.3) is 0 Å². The maximum atomic E-state index is 12.3. The summed E-state index contributed by atoms with van der Waals surface area (Å²) in [5.41, 5.74) is 1.12. The molecule has 0 bridgehead atoms. The number of Topliss-reactive ketones (excluding diaryl/α,β-unsaturated/α-hetero) is 1. The number of rotatable bonds is 1. The summed E-state index contributed by atoms with van der Waals surface area (Å²) >= 11 is 0. The van der Waals surface area contributed by atoms with Crippen molar-refractivity contribution in [3.8, 4) is 0 Å². The molecule has 1 N–H and O–H groups in total. The summed E-state index contributed by atoms with van der Waals surface area (Å²) in [6.45, 7) is 9.81. The van der Waals surface area contributed by atoms with E-state index in [1.54, 1.807) is 12.2 Å². The minimum Gasteiger partial charge on any atom is -0.377 e. The van der Waals surface area contributed by atoms with Gasteiger partial charge in [-0.2, -0.15) is 0 Å². The van der Waals surface area contributed by atoms with E-state index in [4.69, 9.17) is 0 Å². The van der Waals surface area contributed by atoms with Crippen LogP contribution in [-0.2, 0) is 9.59 Å². The maximum absolute atomic E-state index is 12.3. The van der Waals surface area contributed by atoms with Crippen molar-refractivity contribution in [3.05, 3.63) is 47.6 Å². The van der Waals surface area contributed by atoms with E-state index in [0.717, 1.165) is 12.8 Å². The van der Waals surface area contributed by atoms with Crippen LogP contribution in [-0.4, -0.2) is 22.3 Å². The molecule has 0 aromatic heterocycles. The first kappa shape index (κ1) is 16.7. The Kier molecular flexibility index (Phi) is 3.28. The highest BCUT2D eigenvalue weighted by Crippen LogP contribution is 2.66. The van der Waals surface area contributed by atoms with Gasteiger partial charge in [-0.15, -0.1) is 0 Å².